The van der Waals surface area contributed by atoms with Crippen molar-refractivity contribution >= 4 is 22.4 Å². The van der Waals surface area contributed by atoms with E-state index in [0.717, 1.165) is 31.3 Å². The summed E-state index contributed by atoms with van der Waals surface area (Å²) in [4.78, 5) is 24.1. The first-order valence-corrected chi connectivity index (χ1v) is 9.05. The summed E-state index contributed by atoms with van der Waals surface area (Å²) >= 11 is 1.67. The van der Waals surface area contributed by atoms with Crippen LogP contribution in [0.1, 0.15) is 4.88 Å². The molecule has 2 saturated heterocycles. The fraction of sp³-hybridized carbons (Fsp3) is 0.750. The van der Waals surface area contributed by atoms with Crippen molar-refractivity contribution in [1.29, 1.82) is 0 Å². The Morgan fingerprint density at radius 1 is 1.46 bits per heavy atom. The van der Waals surface area contributed by atoms with Crippen LogP contribution in [-0.2, 0) is 16.1 Å². The fourth-order valence-corrected chi connectivity index (χ4v) is 4.76. The van der Waals surface area contributed by atoms with Gasteiger partial charge in [-0.2, -0.15) is 0 Å². The molecule has 0 radical (unpaired) electrons. The van der Waals surface area contributed by atoms with Gasteiger partial charge in [0.1, 0.15) is 0 Å². The zero-order chi connectivity index (χ0) is 17.3. The average molecular weight is 354 g/mol. The molecular weight excluding hydrogens is 328 g/mol. The van der Waals surface area contributed by atoms with Crippen molar-refractivity contribution in [2.75, 3.05) is 65.4 Å². The number of carboxylic acids is 1. The van der Waals surface area contributed by atoms with Crippen LogP contribution in [0, 0.1) is 11.3 Å². The molecule has 8 heteroatoms. The quantitative estimate of drug-likeness (QED) is 0.772. The molecular formula is C16H26N4O3S. The number of hydrogen-bond donors (Lipinski definition) is 1. The van der Waals surface area contributed by atoms with Crippen LogP contribution in [0.4, 0.5) is 5.13 Å². The molecule has 0 aliphatic carbocycles. The van der Waals surface area contributed by atoms with E-state index in [1.807, 2.05) is 25.2 Å². The van der Waals surface area contributed by atoms with E-state index in [4.69, 9.17) is 4.74 Å². The van der Waals surface area contributed by atoms with E-state index in [2.05, 4.69) is 14.8 Å². The number of rotatable bonds is 7. The molecule has 2 atom stereocenters. The van der Waals surface area contributed by atoms with E-state index in [-0.39, 0.29) is 5.92 Å². The van der Waals surface area contributed by atoms with Gasteiger partial charge in [-0.3, -0.25) is 14.6 Å². The molecule has 2 aliphatic rings. The minimum absolute atomic E-state index is 0.188. The van der Waals surface area contributed by atoms with Gasteiger partial charge in [0.15, 0.2) is 5.13 Å². The van der Waals surface area contributed by atoms with E-state index in [9.17, 15) is 9.90 Å². The standard InChI is InChI=1S/C16H26N4O3S/c1-18(2)15-17-6-13(24-15)9-20-8-12-7-19(4-5-23-3)10-16(12,11-20)14(21)22/h6,12H,4-5,7-11H2,1-3H3,(H,21,22)/t12-,16-/m1/s1. The van der Waals surface area contributed by atoms with Crippen molar-refractivity contribution in [2.24, 2.45) is 11.3 Å². The van der Waals surface area contributed by atoms with Gasteiger partial charge in [0.05, 0.1) is 12.0 Å². The molecule has 0 amide bonds. The largest absolute Gasteiger partial charge is 0.481 e. The molecule has 0 saturated carbocycles. The third-order valence-electron chi connectivity index (χ3n) is 5.09. The van der Waals surface area contributed by atoms with Gasteiger partial charge in [-0.1, -0.05) is 0 Å². The summed E-state index contributed by atoms with van der Waals surface area (Å²) in [5.41, 5.74) is -0.636. The normalized spacial score (nSPS) is 27.5. The monoisotopic (exact) mass is 354 g/mol. The molecule has 1 aromatic heterocycles. The Morgan fingerprint density at radius 3 is 2.75 bits per heavy atom. The van der Waals surface area contributed by atoms with E-state index in [1.165, 1.54) is 4.88 Å². The van der Waals surface area contributed by atoms with Crippen LogP contribution in [0.25, 0.3) is 0 Å². The second-order valence-electron chi connectivity index (χ2n) is 7.06. The summed E-state index contributed by atoms with van der Waals surface area (Å²) in [5.74, 6) is -0.471. The summed E-state index contributed by atoms with van der Waals surface area (Å²) in [6, 6.07) is 0. The lowest BCUT2D eigenvalue weighted by molar-refractivity contribution is -0.149. The second-order valence-corrected chi connectivity index (χ2v) is 8.15. The minimum Gasteiger partial charge on any atom is -0.481 e. The summed E-state index contributed by atoms with van der Waals surface area (Å²) in [7, 11) is 5.65. The highest BCUT2D eigenvalue weighted by Gasteiger charge is 2.57. The zero-order valence-corrected chi connectivity index (χ0v) is 15.4. The first kappa shape index (κ1) is 17.6. The molecule has 134 valence electrons. The number of carbonyl (C=O) groups is 1. The first-order valence-electron chi connectivity index (χ1n) is 8.23. The minimum atomic E-state index is -0.659. The van der Waals surface area contributed by atoms with Crippen LogP contribution in [0.3, 0.4) is 0 Å². The highest BCUT2D eigenvalue weighted by atomic mass is 32.1. The topological polar surface area (TPSA) is 69.1 Å². The number of aromatic nitrogens is 1. The van der Waals surface area contributed by atoms with Gasteiger partial charge in [0.2, 0.25) is 0 Å². The highest BCUT2D eigenvalue weighted by molar-refractivity contribution is 7.15. The van der Waals surface area contributed by atoms with Crippen LogP contribution < -0.4 is 4.90 Å². The maximum Gasteiger partial charge on any atom is 0.312 e. The van der Waals surface area contributed by atoms with Crippen LogP contribution in [0.5, 0.6) is 0 Å². The van der Waals surface area contributed by atoms with Gasteiger partial charge < -0.3 is 14.7 Å². The van der Waals surface area contributed by atoms with Gasteiger partial charge in [-0.05, 0) is 0 Å². The second kappa shape index (κ2) is 6.95. The number of likely N-dealkylation sites (tertiary alicyclic amines) is 2. The Hall–Kier alpha value is -1.22. The maximum absolute atomic E-state index is 12.0. The number of thiazole rings is 1. The van der Waals surface area contributed by atoms with Gasteiger partial charge in [0.25, 0.3) is 0 Å². The maximum atomic E-state index is 12.0. The number of anilines is 1. The summed E-state index contributed by atoms with van der Waals surface area (Å²) in [6.45, 7) is 5.17. The lowest BCUT2D eigenvalue weighted by Gasteiger charge is -2.25. The smallest absolute Gasteiger partial charge is 0.312 e. The predicted octanol–water partition coefficient (Wildman–Crippen LogP) is 0.674. The van der Waals surface area contributed by atoms with E-state index >= 15 is 0 Å². The number of aliphatic carboxylic acids is 1. The molecule has 2 aliphatic heterocycles. The van der Waals surface area contributed by atoms with Crippen molar-refractivity contribution in [1.82, 2.24) is 14.8 Å². The average Bonchev–Trinajstić information content (AvgIpc) is 3.18. The third-order valence-corrected chi connectivity index (χ3v) is 6.24. The van der Waals surface area contributed by atoms with Crippen molar-refractivity contribution < 1.29 is 14.6 Å². The van der Waals surface area contributed by atoms with E-state index in [1.54, 1.807) is 18.4 Å². The van der Waals surface area contributed by atoms with Gasteiger partial charge >= 0.3 is 5.97 Å². The molecule has 7 nitrogen and oxygen atoms in total. The Labute approximate surface area is 146 Å². The van der Waals surface area contributed by atoms with Gasteiger partial charge in [-0.15, -0.1) is 11.3 Å². The Balaban J connectivity index is 1.65. The zero-order valence-electron chi connectivity index (χ0n) is 14.6. The fourth-order valence-electron chi connectivity index (χ4n) is 3.88. The van der Waals surface area contributed by atoms with Crippen molar-refractivity contribution in [2.45, 2.75) is 6.54 Å². The molecule has 0 aromatic carbocycles. The summed E-state index contributed by atoms with van der Waals surface area (Å²) in [6.07, 6.45) is 1.91. The van der Waals surface area contributed by atoms with Crippen LogP contribution in [-0.4, -0.2) is 86.4 Å². The van der Waals surface area contributed by atoms with Crippen molar-refractivity contribution in [3.05, 3.63) is 11.1 Å². The third kappa shape index (κ3) is 3.28. The van der Waals surface area contributed by atoms with Crippen LogP contribution >= 0.6 is 11.3 Å². The number of methoxy groups -OCH3 is 1. The Morgan fingerprint density at radius 2 is 2.17 bits per heavy atom. The number of ether oxygens (including phenoxy) is 1. The molecule has 1 N–H and O–H groups in total. The molecule has 0 spiro atoms. The van der Waals surface area contributed by atoms with Crippen molar-refractivity contribution in [3.63, 3.8) is 0 Å². The predicted molar refractivity (Wildman–Crippen MR) is 93.6 cm³/mol. The molecule has 3 heterocycles. The summed E-state index contributed by atoms with van der Waals surface area (Å²) in [5, 5.41) is 10.9. The molecule has 2 fully saturated rings. The van der Waals surface area contributed by atoms with Gasteiger partial charge in [0, 0.05) is 77.5 Å². The highest BCUT2D eigenvalue weighted by Crippen LogP contribution is 2.43. The van der Waals surface area contributed by atoms with E-state index < -0.39 is 11.4 Å². The molecule has 1 aromatic rings. The SMILES string of the molecule is COCCN1C[C@@H]2CN(Cc3cnc(N(C)C)s3)C[C@]2(C(=O)O)C1. The Kier molecular flexibility index (Phi) is 5.10. The van der Waals surface area contributed by atoms with E-state index in [0.29, 0.717) is 19.7 Å². The van der Waals surface area contributed by atoms with Gasteiger partial charge in [-0.25, -0.2) is 4.98 Å². The molecule has 0 unspecified atom stereocenters. The van der Waals surface area contributed by atoms with Crippen LogP contribution in [0.2, 0.25) is 0 Å². The number of carboxylic acid groups (broad SMARTS) is 1. The van der Waals surface area contributed by atoms with Crippen molar-refractivity contribution in [3.8, 4) is 0 Å². The Bertz CT molecular complexity index is 594. The number of fused-ring (bicyclic) bond motifs is 1. The molecule has 24 heavy (non-hydrogen) atoms. The lowest BCUT2D eigenvalue weighted by Crippen LogP contribution is -2.41. The molecule has 0 bridgehead atoms. The molecule has 3 rings (SSSR count). The first-order chi connectivity index (χ1) is 11.4. The number of hydrogen-bond acceptors (Lipinski definition) is 7. The summed E-state index contributed by atoms with van der Waals surface area (Å²) < 4.78 is 5.13. The lowest BCUT2D eigenvalue weighted by atomic mass is 9.81. The van der Waals surface area contributed by atoms with Crippen LogP contribution in [0.15, 0.2) is 6.20 Å². The number of nitrogens with zero attached hydrogens (tertiary/aromatic N) is 4.